The van der Waals surface area contributed by atoms with Crippen LogP contribution in [0.15, 0.2) is 42.5 Å². The van der Waals surface area contributed by atoms with E-state index in [0.29, 0.717) is 11.3 Å². The molecule has 3 N–H and O–H groups in total. The highest BCUT2D eigenvalue weighted by atomic mass is 19.1. The fourth-order valence-corrected chi connectivity index (χ4v) is 1.80. The highest BCUT2D eigenvalue weighted by Crippen LogP contribution is 2.08. The molecule has 0 heterocycles. The van der Waals surface area contributed by atoms with Gasteiger partial charge in [-0.15, -0.1) is 0 Å². The van der Waals surface area contributed by atoms with Crippen molar-refractivity contribution in [1.82, 2.24) is 5.32 Å². The van der Waals surface area contributed by atoms with Gasteiger partial charge in [0.2, 0.25) is 5.91 Å². The Balaban J connectivity index is 1.90. The van der Waals surface area contributed by atoms with Crippen LogP contribution in [-0.4, -0.2) is 5.91 Å². The van der Waals surface area contributed by atoms with Crippen molar-refractivity contribution in [3.63, 3.8) is 0 Å². The number of hydrogen-bond donors (Lipinski definition) is 2. The van der Waals surface area contributed by atoms with E-state index in [4.69, 9.17) is 5.73 Å². The second kappa shape index (κ2) is 6.14. The summed E-state index contributed by atoms with van der Waals surface area (Å²) in [6, 6.07) is 10.1. The van der Waals surface area contributed by atoms with Gasteiger partial charge in [-0.25, -0.2) is 8.78 Å². The fraction of sp³-hybridized carbons (Fsp3) is 0.133. The molecule has 2 rings (SSSR count). The molecule has 0 radical (unpaired) electrons. The van der Waals surface area contributed by atoms with Gasteiger partial charge < -0.3 is 11.1 Å². The predicted molar refractivity (Wildman–Crippen MR) is 72.8 cm³/mol. The van der Waals surface area contributed by atoms with Gasteiger partial charge in [-0.05, 0) is 35.4 Å². The van der Waals surface area contributed by atoms with Crippen molar-refractivity contribution in [3.05, 3.63) is 65.2 Å². The number of carbonyl (C=O) groups is 1. The van der Waals surface area contributed by atoms with Crippen molar-refractivity contribution in [2.75, 3.05) is 5.73 Å². The van der Waals surface area contributed by atoms with Gasteiger partial charge in [0, 0.05) is 18.3 Å². The second-order valence-corrected chi connectivity index (χ2v) is 4.47. The standard InChI is InChI=1S/C15H14F2N2O/c16-12-5-11(6-13(17)8-12)9-19-15(20)7-10-1-3-14(18)4-2-10/h1-6,8H,7,9,18H2,(H,19,20). The minimum Gasteiger partial charge on any atom is -0.399 e. The maximum atomic E-state index is 13.0. The summed E-state index contributed by atoms with van der Waals surface area (Å²) >= 11 is 0. The number of nitrogens with one attached hydrogen (secondary N) is 1. The molecule has 0 fully saturated rings. The molecular weight excluding hydrogens is 262 g/mol. The molecule has 2 aromatic carbocycles. The van der Waals surface area contributed by atoms with E-state index < -0.39 is 11.6 Å². The lowest BCUT2D eigenvalue weighted by Gasteiger charge is -2.06. The molecule has 0 aliphatic carbocycles. The highest BCUT2D eigenvalue weighted by molar-refractivity contribution is 5.78. The lowest BCUT2D eigenvalue weighted by Crippen LogP contribution is -2.24. The zero-order valence-electron chi connectivity index (χ0n) is 10.7. The predicted octanol–water partition coefficient (Wildman–Crippen LogP) is 2.41. The summed E-state index contributed by atoms with van der Waals surface area (Å²) in [5.74, 6) is -1.54. The molecule has 0 saturated heterocycles. The van der Waals surface area contributed by atoms with Crippen molar-refractivity contribution in [1.29, 1.82) is 0 Å². The molecule has 0 spiro atoms. The third-order valence-corrected chi connectivity index (χ3v) is 2.76. The lowest BCUT2D eigenvalue weighted by atomic mass is 10.1. The number of nitrogen functional groups attached to an aromatic ring is 1. The van der Waals surface area contributed by atoms with E-state index in [2.05, 4.69) is 5.32 Å². The van der Waals surface area contributed by atoms with E-state index in [0.717, 1.165) is 11.6 Å². The molecule has 20 heavy (non-hydrogen) atoms. The number of hydrogen-bond acceptors (Lipinski definition) is 2. The molecule has 1 amide bonds. The van der Waals surface area contributed by atoms with Crippen LogP contribution >= 0.6 is 0 Å². The van der Waals surface area contributed by atoms with E-state index in [9.17, 15) is 13.6 Å². The van der Waals surface area contributed by atoms with Crippen LogP contribution in [0.1, 0.15) is 11.1 Å². The van der Waals surface area contributed by atoms with E-state index >= 15 is 0 Å². The van der Waals surface area contributed by atoms with Crippen LogP contribution in [0.2, 0.25) is 0 Å². The number of nitrogens with two attached hydrogens (primary N) is 1. The largest absolute Gasteiger partial charge is 0.399 e. The summed E-state index contributed by atoms with van der Waals surface area (Å²) in [4.78, 5) is 11.7. The van der Waals surface area contributed by atoms with Crippen molar-refractivity contribution >= 4 is 11.6 Å². The van der Waals surface area contributed by atoms with Gasteiger partial charge in [0.25, 0.3) is 0 Å². The molecular formula is C15H14F2N2O. The Morgan fingerprint density at radius 3 is 2.20 bits per heavy atom. The van der Waals surface area contributed by atoms with Crippen molar-refractivity contribution in [2.24, 2.45) is 0 Å². The minimum atomic E-state index is -0.659. The molecule has 0 aromatic heterocycles. The van der Waals surface area contributed by atoms with E-state index in [-0.39, 0.29) is 18.9 Å². The molecule has 2 aromatic rings. The number of rotatable bonds is 4. The SMILES string of the molecule is Nc1ccc(CC(=O)NCc2cc(F)cc(F)c2)cc1. The third kappa shape index (κ3) is 4.05. The topological polar surface area (TPSA) is 55.1 Å². The van der Waals surface area contributed by atoms with Crippen LogP contribution < -0.4 is 11.1 Å². The summed E-state index contributed by atoms with van der Waals surface area (Å²) in [6.45, 7) is 0.0858. The van der Waals surface area contributed by atoms with Gasteiger partial charge in [0.1, 0.15) is 11.6 Å². The number of anilines is 1. The van der Waals surface area contributed by atoms with Gasteiger partial charge in [-0.3, -0.25) is 4.79 Å². The van der Waals surface area contributed by atoms with Crippen LogP contribution in [0.3, 0.4) is 0 Å². The molecule has 0 unspecified atom stereocenters. The molecule has 0 bridgehead atoms. The first-order chi connectivity index (χ1) is 9.52. The van der Waals surface area contributed by atoms with Gasteiger partial charge >= 0.3 is 0 Å². The number of carbonyl (C=O) groups excluding carboxylic acids is 1. The molecule has 0 saturated carbocycles. The molecule has 0 atom stereocenters. The van der Waals surface area contributed by atoms with Crippen LogP contribution in [0.5, 0.6) is 0 Å². The maximum Gasteiger partial charge on any atom is 0.224 e. The van der Waals surface area contributed by atoms with Crippen molar-refractivity contribution in [2.45, 2.75) is 13.0 Å². The Hall–Kier alpha value is -2.43. The zero-order chi connectivity index (χ0) is 14.5. The first-order valence-corrected chi connectivity index (χ1v) is 6.09. The molecule has 104 valence electrons. The summed E-state index contributed by atoms with van der Waals surface area (Å²) in [5.41, 5.74) is 7.38. The number of amides is 1. The average Bonchev–Trinajstić information content (AvgIpc) is 2.38. The summed E-state index contributed by atoms with van der Waals surface area (Å²) in [7, 11) is 0. The Kier molecular flexibility index (Phi) is 4.30. The minimum absolute atomic E-state index is 0.0858. The maximum absolute atomic E-state index is 13.0. The highest BCUT2D eigenvalue weighted by Gasteiger charge is 2.05. The monoisotopic (exact) mass is 276 g/mol. The fourth-order valence-electron chi connectivity index (χ4n) is 1.80. The zero-order valence-corrected chi connectivity index (χ0v) is 10.7. The van der Waals surface area contributed by atoms with E-state index in [1.54, 1.807) is 24.3 Å². The van der Waals surface area contributed by atoms with Crippen LogP contribution in [0, 0.1) is 11.6 Å². The van der Waals surface area contributed by atoms with Gasteiger partial charge in [0.05, 0.1) is 6.42 Å². The van der Waals surface area contributed by atoms with Crippen LogP contribution in [0.25, 0.3) is 0 Å². The normalized spacial score (nSPS) is 10.3. The first-order valence-electron chi connectivity index (χ1n) is 6.09. The Labute approximate surface area is 115 Å². The Morgan fingerprint density at radius 1 is 1.00 bits per heavy atom. The second-order valence-electron chi connectivity index (χ2n) is 4.47. The average molecular weight is 276 g/mol. The van der Waals surface area contributed by atoms with Crippen molar-refractivity contribution in [3.8, 4) is 0 Å². The smallest absolute Gasteiger partial charge is 0.224 e. The lowest BCUT2D eigenvalue weighted by molar-refractivity contribution is -0.120. The van der Waals surface area contributed by atoms with Gasteiger partial charge in [0.15, 0.2) is 0 Å². The van der Waals surface area contributed by atoms with Gasteiger partial charge in [-0.2, -0.15) is 0 Å². The Bertz CT molecular complexity index is 592. The molecule has 0 aliphatic heterocycles. The molecule has 5 heteroatoms. The summed E-state index contributed by atoms with van der Waals surface area (Å²) in [5, 5.41) is 2.61. The molecule has 3 nitrogen and oxygen atoms in total. The van der Waals surface area contributed by atoms with E-state index in [1.165, 1.54) is 12.1 Å². The van der Waals surface area contributed by atoms with Gasteiger partial charge in [-0.1, -0.05) is 12.1 Å². The number of halogens is 2. The Morgan fingerprint density at radius 2 is 1.60 bits per heavy atom. The quantitative estimate of drug-likeness (QED) is 0.843. The van der Waals surface area contributed by atoms with Crippen LogP contribution in [-0.2, 0) is 17.8 Å². The summed E-state index contributed by atoms with van der Waals surface area (Å²) in [6.07, 6.45) is 0.193. The van der Waals surface area contributed by atoms with E-state index in [1.807, 2.05) is 0 Å². The molecule has 0 aliphatic rings. The number of benzene rings is 2. The first kappa shape index (κ1) is 14.0. The van der Waals surface area contributed by atoms with Crippen molar-refractivity contribution < 1.29 is 13.6 Å². The summed E-state index contributed by atoms with van der Waals surface area (Å²) < 4.78 is 25.9. The third-order valence-electron chi connectivity index (χ3n) is 2.76. The van der Waals surface area contributed by atoms with Crippen LogP contribution in [0.4, 0.5) is 14.5 Å².